The largest absolute Gasteiger partial charge is 0.391 e. The molecule has 0 aromatic carbocycles. The molecule has 4 aliphatic carbocycles. The topological polar surface area (TPSA) is 107 Å². The van der Waals surface area contributed by atoms with Crippen LogP contribution in [0.15, 0.2) is 24.3 Å². The summed E-state index contributed by atoms with van der Waals surface area (Å²) in [4.78, 5) is 13.3. The van der Waals surface area contributed by atoms with Crippen LogP contribution in [0, 0.1) is 34.0 Å². The highest BCUT2D eigenvalue weighted by molar-refractivity contribution is 6.05. The normalized spacial score (nSPS) is 59.3. The molecule has 0 aromatic rings. The van der Waals surface area contributed by atoms with Crippen LogP contribution in [-0.4, -0.2) is 56.9 Å². The van der Waals surface area contributed by atoms with Crippen molar-refractivity contribution in [3.63, 3.8) is 0 Å². The first-order valence-corrected chi connectivity index (χ1v) is 9.40. The van der Waals surface area contributed by atoms with E-state index in [0.717, 1.165) is 0 Å². The van der Waals surface area contributed by atoms with Gasteiger partial charge in [0.2, 0.25) is 5.79 Å². The fourth-order valence-electron chi connectivity index (χ4n) is 7.34. The number of hydrogen-bond donors (Lipinski definition) is 4. The standard InChI is InChI=1S/C20H26O6/c1-9-10-4-5-11-18-7-6-12(21)17(2,3)13(18)16(24)20(25,26-8-18)19(11,14(9)22)15(10)23/h6-7,10-13,15-16,21,23-25H,1,4-5,8H2,2-3H3/t10-,11-,12-,13+,15+,16-,18+,19-,20+/m0/s1. The van der Waals surface area contributed by atoms with E-state index in [9.17, 15) is 25.2 Å². The summed E-state index contributed by atoms with van der Waals surface area (Å²) in [6.07, 6.45) is 1.54. The summed E-state index contributed by atoms with van der Waals surface area (Å²) in [5, 5.41) is 44.5. The monoisotopic (exact) mass is 362 g/mol. The van der Waals surface area contributed by atoms with Crippen molar-refractivity contribution >= 4 is 5.78 Å². The van der Waals surface area contributed by atoms with Crippen LogP contribution in [0.5, 0.6) is 0 Å². The molecule has 0 unspecified atom stereocenters. The molecule has 6 aliphatic rings. The number of hydrogen-bond acceptors (Lipinski definition) is 6. The zero-order valence-corrected chi connectivity index (χ0v) is 15.1. The molecule has 2 saturated heterocycles. The molecular weight excluding hydrogens is 336 g/mol. The summed E-state index contributed by atoms with van der Waals surface area (Å²) in [5.74, 6) is -3.83. The summed E-state index contributed by atoms with van der Waals surface area (Å²) in [5.41, 5.74) is -2.71. The van der Waals surface area contributed by atoms with Gasteiger partial charge in [-0.2, -0.15) is 0 Å². The van der Waals surface area contributed by atoms with Crippen molar-refractivity contribution in [3.8, 4) is 0 Å². The second kappa shape index (κ2) is 4.50. The second-order valence-electron chi connectivity index (χ2n) is 9.55. The molecular formula is C20H26O6. The van der Waals surface area contributed by atoms with Gasteiger partial charge in [0.05, 0.1) is 18.8 Å². The zero-order chi connectivity index (χ0) is 18.9. The Morgan fingerprint density at radius 3 is 2.58 bits per heavy atom. The van der Waals surface area contributed by atoms with E-state index < -0.39 is 52.2 Å². The Morgan fingerprint density at radius 1 is 1.19 bits per heavy atom. The molecule has 4 bridgehead atoms. The van der Waals surface area contributed by atoms with Crippen molar-refractivity contribution < 1.29 is 30.0 Å². The van der Waals surface area contributed by atoms with Gasteiger partial charge in [-0.05, 0) is 24.3 Å². The number of carbonyl (C=O) groups is 1. The Morgan fingerprint density at radius 2 is 1.88 bits per heavy atom. The van der Waals surface area contributed by atoms with E-state index in [1.54, 1.807) is 6.08 Å². The van der Waals surface area contributed by atoms with E-state index in [2.05, 4.69) is 6.58 Å². The summed E-state index contributed by atoms with van der Waals surface area (Å²) in [7, 11) is 0. The van der Waals surface area contributed by atoms with E-state index in [-0.39, 0.29) is 18.3 Å². The number of ketones is 1. The van der Waals surface area contributed by atoms with Gasteiger partial charge in [-0.15, -0.1) is 0 Å². The molecule has 142 valence electrons. The minimum Gasteiger partial charge on any atom is -0.391 e. The van der Waals surface area contributed by atoms with Gasteiger partial charge in [0.25, 0.3) is 0 Å². The summed E-state index contributed by atoms with van der Waals surface area (Å²) >= 11 is 0. The maximum absolute atomic E-state index is 13.3. The molecule has 6 heteroatoms. The number of aliphatic hydroxyl groups excluding tert-OH is 3. The van der Waals surface area contributed by atoms with Crippen LogP contribution in [0.2, 0.25) is 0 Å². The van der Waals surface area contributed by atoms with Crippen LogP contribution in [0.1, 0.15) is 26.7 Å². The number of ether oxygens (including phenoxy) is 1. The molecule has 26 heavy (non-hydrogen) atoms. The van der Waals surface area contributed by atoms with E-state index in [4.69, 9.17) is 4.74 Å². The average Bonchev–Trinajstić information content (AvgIpc) is 2.69. The van der Waals surface area contributed by atoms with Gasteiger partial charge in [0.15, 0.2) is 5.78 Å². The Balaban J connectivity index is 1.82. The van der Waals surface area contributed by atoms with Gasteiger partial charge < -0.3 is 25.2 Å². The fraction of sp³-hybridized carbons (Fsp3) is 0.750. The Labute approximate surface area is 152 Å². The minimum atomic E-state index is -2.18. The molecule has 5 fully saturated rings. The maximum Gasteiger partial charge on any atom is 0.208 e. The van der Waals surface area contributed by atoms with Crippen molar-refractivity contribution in [2.45, 2.75) is 50.8 Å². The average molecular weight is 362 g/mol. The highest BCUT2D eigenvalue weighted by Crippen LogP contribution is 2.75. The molecule has 2 heterocycles. The number of aliphatic hydroxyl groups is 4. The smallest absolute Gasteiger partial charge is 0.208 e. The predicted molar refractivity (Wildman–Crippen MR) is 90.6 cm³/mol. The van der Waals surface area contributed by atoms with E-state index in [1.807, 2.05) is 19.9 Å². The quantitative estimate of drug-likeness (QED) is 0.361. The molecule has 3 saturated carbocycles. The Kier molecular flexibility index (Phi) is 2.95. The molecule has 6 rings (SSSR count). The third-order valence-corrected chi connectivity index (χ3v) is 8.51. The van der Waals surface area contributed by atoms with Crippen LogP contribution in [0.3, 0.4) is 0 Å². The molecule has 2 spiro atoms. The molecule has 0 amide bonds. The lowest BCUT2D eigenvalue weighted by atomic mass is 9.37. The van der Waals surface area contributed by atoms with Gasteiger partial charge >= 0.3 is 0 Å². The SMILES string of the molecule is C=C1C(=O)[C@]23[C@H](O)[C@H]1CC[C@H]2[C@]12C=C[C@H](O)C(C)(C)[C@H]1[C@H](O)[C@@]3(O)OC2. The Bertz CT molecular complexity index is 757. The number of fused-ring (bicyclic) bond motifs is 2. The first-order valence-electron chi connectivity index (χ1n) is 9.40. The minimum absolute atomic E-state index is 0.154. The lowest BCUT2D eigenvalue weighted by molar-refractivity contribution is -0.438. The van der Waals surface area contributed by atoms with Crippen molar-refractivity contribution in [3.05, 3.63) is 24.3 Å². The highest BCUT2D eigenvalue weighted by atomic mass is 16.6. The van der Waals surface area contributed by atoms with Crippen molar-refractivity contribution in [2.24, 2.45) is 34.0 Å². The van der Waals surface area contributed by atoms with Crippen molar-refractivity contribution in [1.82, 2.24) is 0 Å². The zero-order valence-electron chi connectivity index (χ0n) is 15.1. The third-order valence-electron chi connectivity index (χ3n) is 8.51. The van der Waals surface area contributed by atoms with Gasteiger partial charge in [0.1, 0.15) is 11.5 Å². The molecule has 9 atom stereocenters. The highest BCUT2D eigenvalue weighted by Gasteiger charge is 2.85. The van der Waals surface area contributed by atoms with Gasteiger partial charge in [0, 0.05) is 22.7 Å². The van der Waals surface area contributed by atoms with E-state index >= 15 is 0 Å². The summed E-state index contributed by atoms with van der Waals surface area (Å²) in [6.45, 7) is 7.77. The second-order valence-corrected chi connectivity index (χ2v) is 9.55. The number of Topliss-reactive ketones (excluding diaryl/α,β-unsaturated/α-hetero) is 1. The predicted octanol–water partition coefficient (Wildman–Crippen LogP) is 0.152. The van der Waals surface area contributed by atoms with Gasteiger partial charge in [-0.3, -0.25) is 4.79 Å². The van der Waals surface area contributed by atoms with Gasteiger partial charge in [-0.25, -0.2) is 0 Å². The molecule has 4 N–H and O–H groups in total. The molecule has 0 aromatic heterocycles. The van der Waals surface area contributed by atoms with Crippen molar-refractivity contribution in [2.75, 3.05) is 6.61 Å². The first kappa shape index (κ1) is 17.1. The first-order chi connectivity index (χ1) is 12.1. The van der Waals surface area contributed by atoms with E-state index in [1.165, 1.54) is 0 Å². The Hall–Kier alpha value is -1.05. The van der Waals surface area contributed by atoms with Crippen LogP contribution in [0.4, 0.5) is 0 Å². The molecule has 2 aliphatic heterocycles. The van der Waals surface area contributed by atoms with Crippen LogP contribution in [0.25, 0.3) is 0 Å². The van der Waals surface area contributed by atoms with Crippen LogP contribution in [-0.2, 0) is 9.53 Å². The number of carbonyl (C=O) groups excluding carboxylic acids is 1. The molecule has 0 radical (unpaired) electrons. The third kappa shape index (κ3) is 1.37. The fourth-order valence-corrected chi connectivity index (χ4v) is 7.34. The lowest BCUT2D eigenvalue weighted by Gasteiger charge is -2.72. The lowest BCUT2D eigenvalue weighted by Crippen LogP contribution is -2.83. The van der Waals surface area contributed by atoms with Crippen LogP contribution >= 0.6 is 0 Å². The van der Waals surface area contributed by atoms with Gasteiger partial charge in [-0.1, -0.05) is 32.6 Å². The number of rotatable bonds is 0. The summed E-state index contributed by atoms with van der Waals surface area (Å²) < 4.78 is 5.80. The van der Waals surface area contributed by atoms with Crippen LogP contribution < -0.4 is 0 Å². The van der Waals surface area contributed by atoms with Crippen molar-refractivity contribution in [1.29, 1.82) is 0 Å². The summed E-state index contributed by atoms with van der Waals surface area (Å²) in [6, 6.07) is 0. The maximum atomic E-state index is 13.3. The van der Waals surface area contributed by atoms with E-state index in [0.29, 0.717) is 18.4 Å². The molecule has 6 nitrogen and oxygen atoms in total.